The highest BCUT2D eigenvalue weighted by Crippen LogP contribution is 2.21. The van der Waals surface area contributed by atoms with Crippen molar-refractivity contribution in [2.45, 2.75) is 13.3 Å². The highest BCUT2D eigenvalue weighted by molar-refractivity contribution is 5.85. The summed E-state index contributed by atoms with van der Waals surface area (Å²) >= 11 is 0. The number of rotatable bonds is 2. The van der Waals surface area contributed by atoms with Crippen LogP contribution in [-0.4, -0.2) is 20.5 Å². The maximum absolute atomic E-state index is 10.7. The number of carboxylic acid groups (broad SMARTS) is 1. The van der Waals surface area contributed by atoms with E-state index in [1.54, 1.807) is 6.20 Å². The van der Waals surface area contributed by atoms with Crippen LogP contribution < -0.4 is 0 Å². The molecule has 2 aromatic heterocycles. The molecule has 3 rings (SSSR count). The van der Waals surface area contributed by atoms with Gasteiger partial charge in [-0.2, -0.15) is 0 Å². The fourth-order valence-corrected chi connectivity index (χ4v) is 2.27. The Bertz CT molecular complexity index is 759. The Morgan fingerprint density at radius 2 is 2.17 bits per heavy atom. The van der Waals surface area contributed by atoms with E-state index in [-0.39, 0.29) is 6.42 Å². The van der Waals surface area contributed by atoms with E-state index in [4.69, 9.17) is 5.11 Å². The quantitative estimate of drug-likeness (QED) is 0.748. The largest absolute Gasteiger partial charge is 0.481 e. The van der Waals surface area contributed by atoms with Crippen LogP contribution in [0.5, 0.6) is 0 Å². The normalized spacial score (nSPS) is 11.2. The first kappa shape index (κ1) is 10.8. The summed E-state index contributed by atoms with van der Waals surface area (Å²) in [6, 6.07) is 10.0. The number of carbonyl (C=O) groups is 1. The van der Waals surface area contributed by atoms with Crippen LogP contribution in [0.25, 0.3) is 16.6 Å². The zero-order chi connectivity index (χ0) is 12.7. The Morgan fingerprint density at radius 1 is 1.39 bits per heavy atom. The summed E-state index contributed by atoms with van der Waals surface area (Å²) in [7, 11) is 0. The van der Waals surface area contributed by atoms with Crippen molar-refractivity contribution >= 4 is 22.5 Å². The van der Waals surface area contributed by atoms with E-state index in [9.17, 15) is 4.79 Å². The van der Waals surface area contributed by atoms with Crippen molar-refractivity contribution in [1.82, 2.24) is 9.38 Å². The molecular formula is C14H12N2O2. The third kappa shape index (κ3) is 1.62. The second-order valence-electron chi connectivity index (χ2n) is 4.38. The molecule has 0 unspecified atom stereocenters. The van der Waals surface area contributed by atoms with Crippen molar-refractivity contribution in [3.05, 3.63) is 47.8 Å². The Morgan fingerprint density at radius 3 is 2.94 bits per heavy atom. The van der Waals surface area contributed by atoms with Crippen molar-refractivity contribution in [2.75, 3.05) is 0 Å². The molecule has 4 heteroatoms. The number of pyridine rings is 1. The Kier molecular flexibility index (Phi) is 2.30. The molecule has 0 atom stereocenters. The van der Waals surface area contributed by atoms with Gasteiger partial charge in [0.2, 0.25) is 0 Å². The van der Waals surface area contributed by atoms with Crippen LogP contribution in [-0.2, 0) is 11.2 Å². The van der Waals surface area contributed by atoms with Gasteiger partial charge in [0.05, 0.1) is 17.6 Å². The minimum atomic E-state index is -0.862. The molecule has 2 heterocycles. The molecule has 90 valence electrons. The minimum Gasteiger partial charge on any atom is -0.481 e. The number of fused-ring (bicyclic) bond motifs is 3. The smallest absolute Gasteiger partial charge is 0.309 e. The molecular weight excluding hydrogens is 228 g/mol. The molecule has 4 nitrogen and oxygen atoms in total. The van der Waals surface area contributed by atoms with E-state index >= 15 is 0 Å². The van der Waals surface area contributed by atoms with Crippen molar-refractivity contribution < 1.29 is 9.90 Å². The third-order valence-electron chi connectivity index (χ3n) is 3.05. The van der Waals surface area contributed by atoms with Crippen molar-refractivity contribution in [2.24, 2.45) is 0 Å². The van der Waals surface area contributed by atoms with Gasteiger partial charge in [-0.3, -0.25) is 9.20 Å². The summed E-state index contributed by atoms with van der Waals surface area (Å²) in [6.07, 6.45) is 1.75. The van der Waals surface area contributed by atoms with Gasteiger partial charge in [0.15, 0.2) is 0 Å². The standard InChI is InChI=1S/C14H12N2O2/c1-9-6-13-15-10(7-14(17)18)8-16(13)12-5-3-2-4-11(9)12/h2-6,8H,7H2,1H3,(H,17,18). The highest BCUT2D eigenvalue weighted by atomic mass is 16.4. The number of carboxylic acids is 1. The van der Waals surface area contributed by atoms with Crippen LogP contribution in [0, 0.1) is 6.92 Å². The average molecular weight is 240 g/mol. The Hall–Kier alpha value is -2.36. The van der Waals surface area contributed by atoms with E-state index in [0.717, 1.165) is 22.1 Å². The van der Waals surface area contributed by atoms with E-state index < -0.39 is 5.97 Å². The van der Waals surface area contributed by atoms with Crippen LogP contribution in [0.3, 0.4) is 0 Å². The molecule has 0 amide bonds. The highest BCUT2D eigenvalue weighted by Gasteiger charge is 2.09. The van der Waals surface area contributed by atoms with Gasteiger partial charge in [-0.05, 0) is 24.6 Å². The zero-order valence-electron chi connectivity index (χ0n) is 9.92. The summed E-state index contributed by atoms with van der Waals surface area (Å²) in [5, 5.41) is 9.97. The molecule has 1 N–H and O–H groups in total. The van der Waals surface area contributed by atoms with Crippen molar-refractivity contribution in [3.8, 4) is 0 Å². The van der Waals surface area contributed by atoms with E-state index in [1.807, 2.05) is 35.6 Å². The first-order valence-electron chi connectivity index (χ1n) is 5.73. The van der Waals surface area contributed by atoms with Crippen LogP contribution in [0.1, 0.15) is 11.3 Å². The number of aryl methyl sites for hydroxylation is 1. The molecule has 0 bridgehead atoms. The maximum Gasteiger partial charge on any atom is 0.309 e. The summed E-state index contributed by atoms with van der Waals surface area (Å²) < 4.78 is 1.95. The summed E-state index contributed by atoms with van der Waals surface area (Å²) in [6.45, 7) is 2.04. The SMILES string of the molecule is Cc1cc2nc(CC(=O)O)cn2c2ccccc12. The molecule has 0 aliphatic carbocycles. The number of para-hydroxylation sites is 1. The van der Waals surface area contributed by atoms with Crippen LogP contribution in [0.2, 0.25) is 0 Å². The Labute approximate surface area is 104 Å². The number of hydrogen-bond acceptors (Lipinski definition) is 2. The predicted octanol–water partition coefficient (Wildman–Crippen LogP) is 2.42. The molecule has 18 heavy (non-hydrogen) atoms. The average Bonchev–Trinajstić information content (AvgIpc) is 2.71. The lowest BCUT2D eigenvalue weighted by molar-refractivity contribution is -0.136. The lowest BCUT2D eigenvalue weighted by atomic mass is 10.1. The summed E-state index contributed by atoms with van der Waals surface area (Å²) in [5.74, 6) is -0.862. The second kappa shape index (κ2) is 3.84. The second-order valence-corrected chi connectivity index (χ2v) is 4.38. The molecule has 0 spiro atoms. The van der Waals surface area contributed by atoms with Gasteiger partial charge >= 0.3 is 5.97 Å². The number of aromatic nitrogens is 2. The lowest BCUT2D eigenvalue weighted by Crippen LogP contribution is -1.99. The molecule has 1 aromatic carbocycles. The van der Waals surface area contributed by atoms with Gasteiger partial charge in [-0.1, -0.05) is 18.2 Å². The first-order chi connectivity index (χ1) is 8.65. The first-order valence-corrected chi connectivity index (χ1v) is 5.73. The van der Waals surface area contributed by atoms with Crippen LogP contribution >= 0.6 is 0 Å². The van der Waals surface area contributed by atoms with Crippen molar-refractivity contribution in [1.29, 1.82) is 0 Å². The van der Waals surface area contributed by atoms with E-state index in [2.05, 4.69) is 11.1 Å². The molecule has 0 saturated carbocycles. The summed E-state index contributed by atoms with van der Waals surface area (Å²) in [5.41, 5.74) is 3.57. The van der Waals surface area contributed by atoms with Gasteiger partial charge < -0.3 is 5.11 Å². The van der Waals surface area contributed by atoms with Crippen LogP contribution in [0.15, 0.2) is 36.5 Å². The molecule has 0 fully saturated rings. The minimum absolute atomic E-state index is 0.0466. The molecule has 0 aliphatic rings. The van der Waals surface area contributed by atoms with Gasteiger partial charge in [0, 0.05) is 11.6 Å². The van der Waals surface area contributed by atoms with Gasteiger partial charge in [-0.15, -0.1) is 0 Å². The lowest BCUT2D eigenvalue weighted by Gasteiger charge is -2.04. The number of benzene rings is 1. The fourth-order valence-electron chi connectivity index (χ4n) is 2.27. The number of imidazole rings is 1. The zero-order valence-corrected chi connectivity index (χ0v) is 9.92. The van der Waals surface area contributed by atoms with E-state index in [1.165, 1.54) is 0 Å². The fraction of sp³-hybridized carbons (Fsp3) is 0.143. The number of aliphatic carboxylic acids is 1. The molecule has 0 aliphatic heterocycles. The van der Waals surface area contributed by atoms with E-state index in [0.29, 0.717) is 5.69 Å². The molecule has 0 saturated heterocycles. The number of hydrogen-bond donors (Lipinski definition) is 1. The summed E-state index contributed by atoms with van der Waals surface area (Å²) in [4.78, 5) is 15.1. The van der Waals surface area contributed by atoms with Gasteiger partial charge in [-0.25, -0.2) is 4.98 Å². The monoisotopic (exact) mass is 240 g/mol. The third-order valence-corrected chi connectivity index (χ3v) is 3.05. The van der Waals surface area contributed by atoms with Crippen molar-refractivity contribution in [3.63, 3.8) is 0 Å². The molecule has 0 radical (unpaired) electrons. The Balaban J connectivity index is 2.33. The van der Waals surface area contributed by atoms with Gasteiger partial charge in [0.25, 0.3) is 0 Å². The maximum atomic E-state index is 10.7. The molecule has 3 aromatic rings. The van der Waals surface area contributed by atoms with Gasteiger partial charge in [0.1, 0.15) is 5.65 Å². The van der Waals surface area contributed by atoms with Crippen LogP contribution in [0.4, 0.5) is 0 Å². The topological polar surface area (TPSA) is 54.6 Å². The predicted molar refractivity (Wildman–Crippen MR) is 68.8 cm³/mol. The number of nitrogens with zero attached hydrogens (tertiary/aromatic N) is 2.